The van der Waals surface area contributed by atoms with Crippen molar-refractivity contribution in [2.75, 3.05) is 6.54 Å². The molecule has 0 heterocycles. The molecule has 0 spiro atoms. The van der Waals surface area contributed by atoms with Crippen LogP contribution < -0.4 is 17.2 Å². The maximum Gasteiger partial charge on any atom is 0.248 e. The van der Waals surface area contributed by atoms with Gasteiger partial charge in [0, 0.05) is 23.7 Å². The lowest BCUT2D eigenvalue weighted by Crippen LogP contribution is -2.21. The molecule has 14 heavy (non-hydrogen) atoms. The molecule has 5 heteroatoms. The molecule has 0 unspecified atom stereocenters. The lowest BCUT2D eigenvalue weighted by atomic mass is 10.0. The van der Waals surface area contributed by atoms with Crippen LogP contribution in [0, 0.1) is 0 Å². The minimum absolute atomic E-state index is 0.0213. The topological polar surface area (TPSA) is 115 Å². The summed E-state index contributed by atoms with van der Waals surface area (Å²) < 4.78 is 0. The molecule has 0 saturated heterocycles. The predicted molar refractivity (Wildman–Crippen MR) is 52.6 cm³/mol. The largest absolute Gasteiger partial charge is 0.508 e. The zero-order valence-electron chi connectivity index (χ0n) is 7.60. The molecular weight excluding hydrogens is 182 g/mol. The molecule has 0 fully saturated rings. The number of phenolic OH excluding ortho intramolecular Hbond substituents is 1. The SMILES string of the molecule is NC[C@@H](N)c1cc(C(N)=O)ccc1O. The van der Waals surface area contributed by atoms with Crippen molar-refractivity contribution in [3.8, 4) is 5.75 Å². The van der Waals surface area contributed by atoms with E-state index in [1.54, 1.807) is 0 Å². The van der Waals surface area contributed by atoms with Crippen LogP contribution in [-0.2, 0) is 0 Å². The average molecular weight is 195 g/mol. The minimum Gasteiger partial charge on any atom is -0.508 e. The summed E-state index contributed by atoms with van der Waals surface area (Å²) in [6, 6.07) is 3.78. The number of hydrogen-bond acceptors (Lipinski definition) is 4. The van der Waals surface area contributed by atoms with Gasteiger partial charge >= 0.3 is 0 Å². The monoisotopic (exact) mass is 195 g/mol. The van der Waals surface area contributed by atoms with Gasteiger partial charge in [-0.15, -0.1) is 0 Å². The second kappa shape index (κ2) is 4.08. The van der Waals surface area contributed by atoms with Crippen molar-refractivity contribution in [2.24, 2.45) is 17.2 Å². The van der Waals surface area contributed by atoms with E-state index in [-0.39, 0.29) is 12.3 Å². The molecule has 0 aliphatic heterocycles. The highest BCUT2D eigenvalue weighted by molar-refractivity contribution is 5.93. The smallest absolute Gasteiger partial charge is 0.248 e. The number of carbonyl (C=O) groups is 1. The molecule has 5 nitrogen and oxygen atoms in total. The first-order valence-corrected chi connectivity index (χ1v) is 4.14. The van der Waals surface area contributed by atoms with Gasteiger partial charge < -0.3 is 22.3 Å². The van der Waals surface area contributed by atoms with Crippen LogP contribution in [-0.4, -0.2) is 17.6 Å². The number of rotatable bonds is 3. The fraction of sp³-hybridized carbons (Fsp3) is 0.222. The Labute approximate surface area is 81.5 Å². The van der Waals surface area contributed by atoms with E-state index in [0.29, 0.717) is 11.1 Å². The van der Waals surface area contributed by atoms with Gasteiger partial charge in [-0.05, 0) is 18.2 Å². The third-order valence-corrected chi connectivity index (χ3v) is 1.97. The van der Waals surface area contributed by atoms with Gasteiger partial charge in [0.05, 0.1) is 0 Å². The molecule has 0 aliphatic carbocycles. The summed E-state index contributed by atoms with van der Waals surface area (Å²) in [6.45, 7) is 0.190. The highest BCUT2D eigenvalue weighted by Gasteiger charge is 2.11. The van der Waals surface area contributed by atoms with Crippen molar-refractivity contribution in [2.45, 2.75) is 6.04 Å². The molecule has 0 aliphatic rings. The quantitative estimate of drug-likeness (QED) is 0.517. The lowest BCUT2D eigenvalue weighted by Gasteiger charge is -2.11. The van der Waals surface area contributed by atoms with Crippen LogP contribution in [0.25, 0.3) is 0 Å². The van der Waals surface area contributed by atoms with Crippen LogP contribution in [0.3, 0.4) is 0 Å². The first-order chi connectivity index (χ1) is 6.56. The summed E-state index contributed by atoms with van der Waals surface area (Å²) in [5, 5.41) is 9.43. The first-order valence-electron chi connectivity index (χ1n) is 4.14. The molecule has 0 saturated carbocycles. The number of aromatic hydroxyl groups is 1. The molecule has 1 atom stereocenters. The van der Waals surface area contributed by atoms with E-state index in [1.165, 1.54) is 18.2 Å². The maximum absolute atomic E-state index is 10.8. The minimum atomic E-state index is -0.560. The van der Waals surface area contributed by atoms with Crippen molar-refractivity contribution in [1.29, 1.82) is 0 Å². The van der Waals surface area contributed by atoms with E-state index in [0.717, 1.165) is 0 Å². The van der Waals surface area contributed by atoms with Crippen molar-refractivity contribution < 1.29 is 9.90 Å². The van der Waals surface area contributed by atoms with Gasteiger partial charge in [-0.1, -0.05) is 0 Å². The molecule has 1 amide bonds. The summed E-state index contributed by atoms with van der Waals surface area (Å²) in [4.78, 5) is 10.8. The van der Waals surface area contributed by atoms with E-state index >= 15 is 0 Å². The Morgan fingerprint density at radius 2 is 2.14 bits per heavy atom. The summed E-state index contributed by atoms with van der Waals surface area (Å²) in [6.07, 6.45) is 0. The van der Waals surface area contributed by atoms with Crippen LogP contribution in [0.2, 0.25) is 0 Å². The molecule has 0 bridgehead atoms. The molecule has 1 aromatic carbocycles. The lowest BCUT2D eigenvalue weighted by molar-refractivity contribution is 0.1000. The van der Waals surface area contributed by atoms with Crippen LogP contribution in [0.15, 0.2) is 18.2 Å². The molecule has 1 rings (SSSR count). The summed E-state index contributed by atoms with van der Waals surface area (Å²) in [5.74, 6) is -0.538. The summed E-state index contributed by atoms with van der Waals surface area (Å²) in [5.41, 5.74) is 16.8. The zero-order chi connectivity index (χ0) is 10.7. The normalized spacial score (nSPS) is 12.4. The Kier molecular flexibility index (Phi) is 3.06. The second-order valence-electron chi connectivity index (χ2n) is 2.98. The van der Waals surface area contributed by atoms with Crippen molar-refractivity contribution >= 4 is 5.91 Å². The van der Waals surface area contributed by atoms with Crippen molar-refractivity contribution in [1.82, 2.24) is 0 Å². The standard InChI is InChI=1S/C9H13N3O2/c10-4-7(11)6-3-5(9(12)14)1-2-8(6)13/h1-3,7,13H,4,10-11H2,(H2,12,14)/t7-/m1/s1. The van der Waals surface area contributed by atoms with E-state index < -0.39 is 11.9 Å². The van der Waals surface area contributed by atoms with Gasteiger partial charge in [0.1, 0.15) is 5.75 Å². The van der Waals surface area contributed by atoms with E-state index in [4.69, 9.17) is 17.2 Å². The van der Waals surface area contributed by atoms with Crippen LogP contribution in [0.1, 0.15) is 22.0 Å². The molecule has 7 N–H and O–H groups in total. The van der Waals surface area contributed by atoms with Gasteiger partial charge in [0.2, 0.25) is 5.91 Å². The van der Waals surface area contributed by atoms with Gasteiger partial charge in [-0.3, -0.25) is 4.79 Å². The van der Waals surface area contributed by atoms with Crippen LogP contribution in [0.4, 0.5) is 0 Å². The average Bonchev–Trinajstić information content (AvgIpc) is 2.17. The molecule has 1 aromatic rings. The molecular formula is C9H13N3O2. The Bertz CT molecular complexity index is 352. The summed E-state index contributed by atoms with van der Waals surface area (Å²) >= 11 is 0. The predicted octanol–water partition coefficient (Wildman–Crippen LogP) is -0.550. The Morgan fingerprint density at radius 1 is 1.50 bits per heavy atom. The van der Waals surface area contributed by atoms with Crippen LogP contribution in [0.5, 0.6) is 5.75 Å². The molecule has 0 radical (unpaired) electrons. The van der Waals surface area contributed by atoms with Crippen molar-refractivity contribution in [3.63, 3.8) is 0 Å². The van der Waals surface area contributed by atoms with E-state index in [2.05, 4.69) is 0 Å². The number of hydrogen-bond donors (Lipinski definition) is 4. The van der Waals surface area contributed by atoms with Gasteiger partial charge in [-0.2, -0.15) is 0 Å². The fourth-order valence-corrected chi connectivity index (χ4v) is 1.13. The number of benzene rings is 1. The van der Waals surface area contributed by atoms with Crippen molar-refractivity contribution in [3.05, 3.63) is 29.3 Å². The number of carbonyl (C=O) groups excluding carboxylic acids is 1. The van der Waals surface area contributed by atoms with Gasteiger partial charge in [-0.25, -0.2) is 0 Å². The number of primary amides is 1. The second-order valence-corrected chi connectivity index (χ2v) is 2.98. The third-order valence-electron chi connectivity index (χ3n) is 1.97. The molecule has 76 valence electrons. The fourth-order valence-electron chi connectivity index (χ4n) is 1.13. The number of nitrogens with two attached hydrogens (primary N) is 3. The highest BCUT2D eigenvalue weighted by Crippen LogP contribution is 2.23. The van der Waals surface area contributed by atoms with Gasteiger partial charge in [0.15, 0.2) is 0 Å². The first kappa shape index (κ1) is 10.5. The summed E-state index contributed by atoms with van der Waals surface area (Å²) in [7, 11) is 0. The Balaban J connectivity index is 3.14. The maximum atomic E-state index is 10.8. The number of phenols is 1. The number of amides is 1. The molecule has 0 aromatic heterocycles. The van der Waals surface area contributed by atoms with E-state index in [1.807, 2.05) is 0 Å². The highest BCUT2D eigenvalue weighted by atomic mass is 16.3. The van der Waals surface area contributed by atoms with Crippen LogP contribution >= 0.6 is 0 Å². The Morgan fingerprint density at radius 3 is 2.64 bits per heavy atom. The third kappa shape index (κ3) is 2.01. The van der Waals surface area contributed by atoms with E-state index in [9.17, 15) is 9.90 Å². The zero-order valence-corrected chi connectivity index (χ0v) is 7.60. The van der Waals surface area contributed by atoms with Gasteiger partial charge in [0.25, 0.3) is 0 Å². The Hall–Kier alpha value is -1.59.